The molecule has 0 unspecified atom stereocenters. The lowest BCUT2D eigenvalue weighted by atomic mass is 9.84. The van der Waals surface area contributed by atoms with Gasteiger partial charge in [-0.15, -0.1) is 0 Å². The number of fused-ring (bicyclic) bond motifs is 3. The summed E-state index contributed by atoms with van der Waals surface area (Å²) >= 11 is 0. The molecule has 196 valence electrons. The zero-order valence-corrected chi connectivity index (χ0v) is 22.9. The summed E-state index contributed by atoms with van der Waals surface area (Å²) in [7, 11) is 0. The predicted octanol–water partition coefficient (Wildman–Crippen LogP) is 10.6. The van der Waals surface area contributed by atoms with E-state index < -0.39 is 0 Å². The summed E-state index contributed by atoms with van der Waals surface area (Å²) in [5.41, 5.74) is 8.96. The van der Waals surface area contributed by atoms with Gasteiger partial charge >= 0.3 is 0 Å². The monoisotopic (exact) mass is 534 g/mol. The molecule has 0 aliphatic heterocycles. The van der Waals surface area contributed by atoms with Crippen LogP contribution in [0.2, 0.25) is 0 Å². The Kier molecular flexibility index (Phi) is 5.82. The molecule has 0 saturated carbocycles. The number of hydrogen-bond acceptors (Lipinski definition) is 2. The molecule has 8 rings (SSSR count). The molecule has 2 heteroatoms. The van der Waals surface area contributed by atoms with Crippen molar-refractivity contribution in [2.24, 2.45) is 0 Å². The Hall–Kier alpha value is -5.60. The fraction of sp³-hybridized carbons (Fsp3) is 0. The standard InChI is InChI=1S/C40H26N2/c1-2-11-28(12-3-1)39-33-14-6-7-15-34(33)40(32-18-17-27-10-4-5-13-29(27)24-32)36-25-30(19-20-35(36)39)31-21-23-42-38(26-31)37-16-8-9-22-41-37/h1-26H. The van der Waals surface area contributed by atoms with Gasteiger partial charge in [0.15, 0.2) is 0 Å². The molecule has 0 N–H and O–H groups in total. The highest BCUT2D eigenvalue weighted by Gasteiger charge is 2.18. The summed E-state index contributed by atoms with van der Waals surface area (Å²) < 4.78 is 0. The third-order valence-corrected chi connectivity index (χ3v) is 8.15. The van der Waals surface area contributed by atoms with E-state index in [4.69, 9.17) is 0 Å². The van der Waals surface area contributed by atoms with Crippen LogP contribution in [-0.4, -0.2) is 9.97 Å². The normalized spacial score (nSPS) is 11.3. The van der Waals surface area contributed by atoms with Crippen LogP contribution in [0.25, 0.3) is 77.1 Å². The minimum absolute atomic E-state index is 0.867. The van der Waals surface area contributed by atoms with Gasteiger partial charge in [0.1, 0.15) is 0 Å². The average Bonchev–Trinajstić information content (AvgIpc) is 3.07. The Balaban J connectivity index is 1.45. The van der Waals surface area contributed by atoms with Crippen molar-refractivity contribution in [2.45, 2.75) is 0 Å². The minimum Gasteiger partial charge on any atom is -0.255 e. The van der Waals surface area contributed by atoms with E-state index in [9.17, 15) is 0 Å². The van der Waals surface area contributed by atoms with Crippen LogP contribution in [0.5, 0.6) is 0 Å². The van der Waals surface area contributed by atoms with Gasteiger partial charge < -0.3 is 0 Å². The van der Waals surface area contributed by atoms with Gasteiger partial charge in [0.05, 0.1) is 11.4 Å². The van der Waals surface area contributed by atoms with Crippen molar-refractivity contribution in [3.63, 3.8) is 0 Å². The Morgan fingerprint density at radius 2 is 0.952 bits per heavy atom. The molecule has 8 aromatic rings. The van der Waals surface area contributed by atoms with E-state index in [0.29, 0.717) is 0 Å². The Morgan fingerprint density at radius 1 is 0.310 bits per heavy atom. The molecule has 0 atom stereocenters. The Morgan fingerprint density at radius 3 is 1.76 bits per heavy atom. The fourth-order valence-corrected chi connectivity index (χ4v) is 6.19. The molecule has 0 aliphatic rings. The second-order valence-corrected chi connectivity index (χ2v) is 10.6. The van der Waals surface area contributed by atoms with Gasteiger partial charge in [-0.2, -0.15) is 0 Å². The molecule has 0 fully saturated rings. The second-order valence-electron chi connectivity index (χ2n) is 10.6. The maximum absolute atomic E-state index is 4.62. The first-order valence-electron chi connectivity index (χ1n) is 14.2. The lowest BCUT2D eigenvalue weighted by Crippen LogP contribution is -1.92. The van der Waals surface area contributed by atoms with E-state index >= 15 is 0 Å². The molecular formula is C40H26N2. The van der Waals surface area contributed by atoms with Crippen molar-refractivity contribution < 1.29 is 0 Å². The Labute approximate surface area is 244 Å². The van der Waals surface area contributed by atoms with E-state index in [1.54, 1.807) is 0 Å². The smallest absolute Gasteiger partial charge is 0.0892 e. The topological polar surface area (TPSA) is 25.8 Å². The van der Waals surface area contributed by atoms with Crippen LogP contribution in [-0.2, 0) is 0 Å². The maximum Gasteiger partial charge on any atom is 0.0892 e. The molecule has 2 heterocycles. The lowest BCUT2D eigenvalue weighted by molar-refractivity contribution is 1.25. The number of benzene rings is 6. The summed E-state index contributed by atoms with van der Waals surface area (Å²) in [6.45, 7) is 0. The first-order chi connectivity index (χ1) is 20.8. The van der Waals surface area contributed by atoms with Crippen LogP contribution in [0.3, 0.4) is 0 Å². The average molecular weight is 535 g/mol. The highest BCUT2D eigenvalue weighted by molar-refractivity contribution is 6.22. The van der Waals surface area contributed by atoms with Crippen molar-refractivity contribution in [1.82, 2.24) is 9.97 Å². The number of rotatable bonds is 4. The Bertz CT molecular complexity index is 2240. The molecule has 0 saturated heterocycles. The molecule has 2 aromatic heterocycles. The molecule has 2 nitrogen and oxygen atoms in total. The zero-order valence-electron chi connectivity index (χ0n) is 22.9. The molecule has 0 aliphatic carbocycles. The number of pyridine rings is 2. The third kappa shape index (κ3) is 4.13. The van der Waals surface area contributed by atoms with Gasteiger partial charge in [-0.25, -0.2) is 0 Å². The summed E-state index contributed by atoms with van der Waals surface area (Å²) in [5.74, 6) is 0. The van der Waals surface area contributed by atoms with Crippen molar-refractivity contribution >= 4 is 32.3 Å². The van der Waals surface area contributed by atoms with Crippen molar-refractivity contribution in [1.29, 1.82) is 0 Å². The number of aromatic nitrogens is 2. The van der Waals surface area contributed by atoms with Crippen LogP contribution >= 0.6 is 0 Å². The number of nitrogens with zero attached hydrogens (tertiary/aromatic N) is 2. The molecule has 0 spiro atoms. The predicted molar refractivity (Wildman–Crippen MR) is 176 cm³/mol. The molecule has 6 aromatic carbocycles. The quantitative estimate of drug-likeness (QED) is 0.210. The van der Waals surface area contributed by atoms with Crippen molar-refractivity contribution in [2.75, 3.05) is 0 Å². The maximum atomic E-state index is 4.62. The second kappa shape index (κ2) is 10.1. The van der Waals surface area contributed by atoms with Gasteiger partial charge in [0.25, 0.3) is 0 Å². The largest absolute Gasteiger partial charge is 0.255 e. The first kappa shape index (κ1) is 24.2. The highest BCUT2D eigenvalue weighted by Crippen LogP contribution is 2.45. The summed E-state index contributed by atoms with van der Waals surface area (Å²) in [6.07, 6.45) is 3.69. The fourth-order valence-electron chi connectivity index (χ4n) is 6.19. The van der Waals surface area contributed by atoms with Crippen LogP contribution in [0.15, 0.2) is 158 Å². The first-order valence-corrected chi connectivity index (χ1v) is 14.2. The minimum atomic E-state index is 0.867. The van der Waals surface area contributed by atoms with E-state index in [-0.39, 0.29) is 0 Å². The van der Waals surface area contributed by atoms with E-state index in [1.807, 2.05) is 30.6 Å². The van der Waals surface area contributed by atoms with Gasteiger partial charge in [-0.1, -0.05) is 109 Å². The van der Waals surface area contributed by atoms with Crippen LogP contribution in [0, 0.1) is 0 Å². The zero-order chi connectivity index (χ0) is 27.9. The van der Waals surface area contributed by atoms with E-state index in [2.05, 4.69) is 137 Å². The van der Waals surface area contributed by atoms with Gasteiger partial charge in [-0.3, -0.25) is 9.97 Å². The SMILES string of the molecule is c1ccc(-c2c3ccccc3c(-c3ccc4ccccc4c3)c3cc(-c4ccnc(-c5ccccn5)c4)ccc23)cc1. The van der Waals surface area contributed by atoms with Crippen LogP contribution in [0.4, 0.5) is 0 Å². The van der Waals surface area contributed by atoms with Gasteiger partial charge in [0.2, 0.25) is 0 Å². The molecule has 0 radical (unpaired) electrons. The third-order valence-electron chi connectivity index (χ3n) is 8.15. The molecule has 42 heavy (non-hydrogen) atoms. The van der Waals surface area contributed by atoms with E-state index in [1.165, 1.54) is 54.6 Å². The van der Waals surface area contributed by atoms with E-state index in [0.717, 1.165) is 22.5 Å². The summed E-state index contributed by atoms with van der Waals surface area (Å²) in [4.78, 5) is 9.15. The lowest BCUT2D eigenvalue weighted by Gasteiger charge is -2.19. The molecular weight excluding hydrogens is 508 g/mol. The molecule has 0 amide bonds. The van der Waals surface area contributed by atoms with Crippen LogP contribution in [0.1, 0.15) is 0 Å². The van der Waals surface area contributed by atoms with Crippen molar-refractivity contribution in [3.05, 3.63) is 158 Å². The summed E-state index contributed by atoms with van der Waals surface area (Å²) in [6, 6.07) is 52.1. The van der Waals surface area contributed by atoms with Crippen LogP contribution < -0.4 is 0 Å². The number of hydrogen-bond donors (Lipinski definition) is 0. The summed E-state index contributed by atoms with van der Waals surface area (Å²) in [5, 5.41) is 7.47. The van der Waals surface area contributed by atoms with Gasteiger partial charge in [-0.05, 0) is 102 Å². The molecule has 0 bridgehead atoms. The highest BCUT2D eigenvalue weighted by atomic mass is 14.8. The van der Waals surface area contributed by atoms with Gasteiger partial charge in [0, 0.05) is 12.4 Å². The van der Waals surface area contributed by atoms with Crippen molar-refractivity contribution in [3.8, 4) is 44.8 Å².